The molecule has 2 atom stereocenters. The van der Waals surface area contributed by atoms with Crippen molar-refractivity contribution in [2.75, 3.05) is 98.3 Å². The number of hydroxylamine groups is 4. The van der Waals surface area contributed by atoms with Gasteiger partial charge in [-0.1, -0.05) is 12.2 Å². The number of nitrogens with zero attached hydrogens (tertiary/aromatic N) is 9. The topological polar surface area (TPSA) is 368 Å². The summed E-state index contributed by atoms with van der Waals surface area (Å²) in [4.78, 5) is 169. The van der Waals surface area contributed by atoms with E-state index < -0.39 is 83.3 Å². The first-order valence-corrected chi connectivity index (χ1v) is 38.9. The molecule has 0 saturated carbocycles. The lowest BCUT2D eigenvalue weighted by molar-refractivity contribution is -0.200. The van der Waals surface area contributed by atoms with Crippen molar-refractivity contribution in [3.05, 3.63) is 230 Å². The number of likely N-dealkylation sites (tertiary alicyclic amines) is 2. The van der Waals surface area contributed by atoms with Crippen molar-refractivity contribution in [2.24, 2.45) is 0 Å². The highest BCUT2D eigenvalue weighted by Gasteiger charge is 2.42. The highest BCUT2D eigenvalue weighted by Crippen LogP contribution is 2.48. The molecule has 7 aliphatic heterocycles. The van der Waals surface area contributed by atoms with E-state index in [2.05, 4.69) is 0 Å². The average Bonchev–Trinajstić information content (AvgIpc) is 1.07. The van der Waals surface area contributed by atoms with Crippen LogP contribution in [-0.2, 0) is 38.4 Å². The van der Waals surface area contributed by atoms with E-state index in [1.165, 1.54) is 58.3 Å². The van der Waals surface area contributed by atoms with Crippen LogP contribution in [0, 0.1) is 0 Å². The molecule has 4 fully saturated rings. The number of carboxylic acid groups (broad SMARTS) is 4. The smallest absolute Gasteiger partial charge is 0.363 e. The van der Waals surface area contributed by atoms with Crippen LogP contribution >= 0.6 is 0 Å². The largest absolute Gasteiger partial charge is 0.480 e. The number of benzene rings is 8. The SMILES string of the molecule is CN(C)c1ccc2c(-c3cc(C(=O)N4CCCC4C(=O)O)ccc3C(=O)O)c3ccc(=[N+](C)C)cc-3oc2c1.CN(C)c1ccc2c(-c3cc(C(=O)ON4C(=O)CCC4=O)ccc3C(=O)O)c3ccc(=[N+](C)C)cc-3oc2c1.CN(C)c1ccc2c(c1)OC1=CCC=CC1=C2c1cc(C(=O)N2CCCC2C(=O)ON2C(=O)CCC2=O)ccc1C(=O)O. The second-order valence-electron chi connectivity index (χ2n) is 30.7. The number of rotatable bonds is 16. The van der Waals surface area contributed by atoms with E-state index in [1.54, 1.807) is 6.07 Å². The van der Waals surface area contributed by atoms with Gasteiger partial charge in [0.15, 0.2) is 0 Å². The zero-order valence-electron chi connectivity index (χ0n) is 67.8. The van der Waals surface area contributed by atoms with Gasteiger partial charge >= 0.3 is 35.8 Å². The number of imide groups is 2. The summed E-state index contributed by atoms with van der Waals surface area (Å²) < 4.78 is 22.8. The van der Waals surface area contributed by atoms with Gasteiger partial charge in [0.1, 0.15) is 74.5 Å². The minimum absolute atomic E-state index is 0.00495. The summed E-state index contributed by atoms with van der Waals surface area (Å²) in [6.07, 6.45) is 8.07. The number of carboxylic acids is 4. The Kier molecular flexibility index (Phi) is 23.0. The summed E-state index contributed by atoms with van der Waals surface area (Å²) in [5, 5.41) is 44.1. The van der Waals surface area contributed by atoms with Crippen molar-refractivity contribution >= 4 is 116 Å². The van der Waals surface area contributed by atoms with Gasteiger partial charge < -0.3 is 68.2 Å². The monoisotopic (exact) mass is 1640 g/mol. The van der Waals surface area contributed by atoms with Crippen LogP contribution in [0.5, 0.6) is 5.75 Å². The molecule has 7 heterocycles. The molecule has 6 amide bonds. The number of hydrogen-bond acceptors (Lipinski definition) is 20. The maximum atomic E-state index is 13.8. The number of amides is 6. The van der Waals surface area contributed by atoms with Crippen LogP contribution in [0.15, 0.2) is 184 Å². The molecule has 0 spiro atoms. The lowest BCUT2D eigenvalue weighted by Gasteiger charge is -2.29. The number of hydrogen-bond donors (Lipinski definition) is 4. The predicted octanol–water partition coefficient (Wildman–Crippen LogP) is 10.6. The molecule has 3 aliphatic carbocycles. The van der Waals surface area contributed by atoms with Crippen LogP contribution in [0.4, 0.5) is 17.1 Å². The summed E-state index contributed by atoms with van der Waals surface area (Å²) >= 11 is 0. The summed E-state index contributed by atoms with van der Waals surface area (Å²) in [7, 11) is 19.1. The normalized spacial score (nSPS) is 15.9. The van der Waals surface area contributed by atoms with Gasteiger partial charge in [-0.25, -0.2) is 37.9 Å². The molecule has 121 heavy (non-hydrogen) atoms. The van der Waals surface area contributed by atoms with Crippen LogP contribution in [0.1, 0.15) is 131 Å². The van der Waals surface area contributed by atoms with Crippen molar-refractivity contribution < 1.29 is 101 Å². The Morgan fingerprint density at radius 3 is 1.35 bits per heavy atom. The van der Waals surface area contributed by atoms with E-state index in [0.29, 0.717) is 144 Å². The van der Waals surface area contributed by atoms with Gasteiger partial charge in [-0.2, -0.15) is 0 Å². The van der Waals surface area contributed by atoms with E-state index >= 15 is 0 Å². The highest BCUT2D eigenvalue weighted by molar-refractivity contribution is 6.13. The molecule has 0 radical (unpaired) electrons. The predicted molar refractivity (Wildman–Crippen MR) is 445 cm³/mol. The fraction of sp³-hybridized carbons (Fsp3) is 0.253. The fourth-order valence-corrected chi connectivity index (χ4v) is 15.6. The number of anilines is 3. The molecule has 4 N–H and O–H groups in total. The number of allylic oxidation sites excluding steroid dienone is 3. The summed E-state index contributed by atoms with van der Waals surface area (Å²) in [6.45, 7) is 0.590. The Labute approximate surface area is 692 Å². The van der Waals surface area contributed by atoms with Gasteiger partial charge in [0, 0.05) is 189 Å². The van der Waals surface area contributed by atoms with Crippen molar-refractivity contribution in [2.45, 2.75) is 69.9 Å². The Morgan fingerprint density at radius 1 is 0.455 bits per heavy atom. The fourth-order valence-electron chi connectivity index (χ4n) is 15.6. The first-order chi connectivity index (χ1) is 57.7. The molecule has 6 aromatic carbocycles. The molecule has 6 aromatic rings. The third kappa shape index (κ3) is 16.3. The molecular formula is C91H85N9O21+2. The quantitative estimate of drug-likeness (QED) is 0.0396. The zero-order chi connectivity index (χ0) is 86.4. The lowest BCUT2D eigenvalue weighted by atomic mass is 9.84. The standard InChI is InChI=1S/C32H29N3O8.C30H29N3O6.C29H25N3O7/c1-33(2)19-10-12-22-26(17-19)42-25-8-4-3-6-21(25)29(22)23-16-18(9-11-20(23)31(39)40)30(38)34-15-5-7-24(34)32(41)43-35-27(36)13-14-28(35)37;1-31(2)18-8-11-21-25(15-18)39-26-16-19(32(3)4)9-12-22(26)27(21)23-14-17(7-10-20(23)29(35)36)28(34)33-13-5-6-24(33)30(37)38;1-30(2)17-6-9-20-23(14-17)38-24-15-18(31(3)4)7-10-21(24)27(20)22-13-16(5-8-19(22)28(35)36)29(37)39-32-25(33)11-12-26(32)34/h3,6,8-12,16-17,24H,4-5,7,13-15H2,1-2H3,(H,39,40);7-12,14-16,24H,5-6,13H2,1-4H3,(H-,35,36,37,38);5-10,13-15H,11-12H2,1-4H3/p+2. The number of carbonyl (C=O) groups is 12. The zero-order valence-corrected chi connectivity index (χ0v) is 67.8. The molecule has 618 valence electrons. The number of ether oxygens (including phenoxy) is 1. The molecule has 10 aliphatic rings. The third-order valence-corrected chi connectivity index (χ3v) is 21.9. The molecule has 30 nitrogen and oxygen atoms in total. The van der Waals surface area contributed by atoms with Crippen LogP contribution in [0.25, 0.3) is 72.4 Å². The summed E-state index contributed by atoms with van der Waals surface area (Å²) in [5.74, 6) is -7.42. The Bertz CT molecular complexity index is 6260. The number of carbonyl (C=O) groups excluding carboxylic acids is 8. The van der Waals surface area contributed by atoms with Gasteiger partial charge in [-0.15, -0.1) is 10.1 Å². The molecule has 16 rings (SSSR count). The van der Waals surface area contributed by atoms with E-state index in [9.17, 15) is 78.0 Å². The maximum absolute atomic E-state index is 13.8. The van der Waals surface area contributed by atoms with Crippen molar-refractivity contribution in [3.8, 4) is 50.7 Å². The van der Waals surface area contributed by atoms with Gasteiger partial charge in [-0.3, -0.25) is 28.8 Å². The molecule has 4 saturated heterocycles. The van der Waals surface area contributed by atoms with Crippen molar-refractivity contribution in [3.63, 3.8) is 0 Å². The molecule has 2 unspecified atom stereocenters. The minimum atomic E-state index is -1.19. The average molecular weight is 1640 g/mol. The van der Waals surface area contributed by atoms with Crippen molar-refractivity contribution in [1.82, 2.24) is 29.1 Å². The van der Waals surface area contributed by atoms with Gasteiger partial charge in [0.2, 0.25) is 10.7 Å². The minimum Gasteiger partial charge on any atom is -0.480 e. The second kappa shape index (κ2) is 33.6. The third-order valence-electron chi connectivity index (χ3n) is 21.9. The van der Waals surface area contributed by atoms with E-state index in [0.717, 1.165) is 27.8 Å². The number of aromatic carboxylic acids is 3. The van der Waals surface area contributed by atoms with Gasteiger partial charge in [0.05, 0.1) is 34.4 Å². The Hall–Kier alpha value is -14.8. The van der Waals surface area contributed by atoms with Crippen LogP contribution in [-0.4, -0.2) is 207 Å². The lowest BCUT2D eigenvalue weighted by Crippen LogP contribution is -2.44. The summed E-state index contributed by atoms with van der Waals surface area (Å²) in [6, 6.07) is 39.3. The maximum Gasteiger partial charge on any atom is 0.363 e. The van der Waals surface area contributed by atoms with Gasteiger partial charge in [-0.05, 0) is 158 Å². The van der Waals surface area contributed by atoms with E-state index in [-0.39, 0.29) is 71.2 Å². The molecular weight excluding hydrogens is 1560 g/mol. The molecule has 0 bridgehead atoms. The van der Waals surface area contributed by atoms with Crippen LogP contribution in [0.2, 0.25) is 0 Å². The first-order valence-electron chi connectivity index (χ1n) is 38.9. The first kappa shape index (κ1) is 82.7. The molecule has 30 heteroatoms. The number of aliphatic carboxylic acids is 1. The van der Waals surface area contributed by atoms with Crippen LogP contribution in [0.3, 0.4) is 0 Å². The van der Waals surface area contributed by atoms with E-state index in [4.69, 9.17) is 23.2 Å². The van der Waals surface area contributed by atoms with Gasteiger partial charge in [0.25, 0.3) is 35.4 Å². The van der Waals surface area contributed by atoms with E-state index in [1.807, 2.05) is 204 Å². The van der Waals surface area contributed by atoms with Crippen LogP contribution < -0.4 is 39.3 Å². The second-order valence-corrected chi connectivity index (χ2v) is 30.7. The number of fused-ring (bicyclic) bond motifs is 6. The Balaban J connectivity index is 0.000000149. The molecule has 0 aromatic heterocycles. The highest BCUT2D eigenvalue weighted by atomic mass is 16.7. The van der Waals surface area contributed by atoms with Crippen molar-refractivity contribution in [1.29, 1.82) is 0 Å². The Morgan fingerprint density at radius 2 is 0.876 bits per heavy atom. The summed E-state index contributed by atoms with van der Waals surface area (Å²) in [5.41, 5.74) is 9.67.